The molecular formula is C16H15N3O. The first-order valence-electron chi connectivity index (χ1n) is 6.51. The fourth-order valence-corrected chi connectivity index (χ4v) is 2.09. The number of hydrogen-bond donors (Lipinski definition) is 1. The lowest BCUT2D eigenvalue weighted by Crippen LogP contribution is -2.09. The Kier molecular flexibility index (Phi) is 3.56. The Morgan fingerprint density at radius 3 is 2.30 bits per heavy atom. The molecule has 0 aliphatic carbocycles. The van der Waals surface area contributed by atoms with Crippen LogP contribution in [0.3, 0.4) is 0 Å². The van der Waals surface area contributed by atoms with Crippen molar-refractivity contribution < 1.29 is 5.11 Å². The average Bonchev–Trinajstić information content (AvgIpc) is 2.97. The van der Waals surface area contributed by atoms with E-state index in [9.17, 15) is 5.11 Å². The van der Waals surface area contributed by atoms with E-state index in [2.05, 4.69) is 10.3 Å². The van der Waals surface area contributed by atoms with Crippen molar-refractivity contribution >= 4 is 0 Å². The Morgan fingerprint density at radius 1 is 0.950 bits per heavy atom. The van der Waals surface area contributed by atoms with Gasteiger partial charge in [-0.3, -0.25) is 0 Å². The van der Waals surface area contributed by atoms with Gasteiger partial charge in [0.15, 0.2) is 0 Å². The van der Waals surface area contributed by atoms with E-state index in [0.717, 1.165) is 16.8 Å². The second-order valence-electron chi connectivity index (χ2n) is 4.62. The largest absolute Gasteiger partial charge is 0.386 e. The van der Waals surface area contributed by atoms with Gasteiger partial charge in [-0.05, 0) is 5.56 Å². The Labute approximate surface area is 117 Å². The summed E-state index contributed by atoms with van der Waals surface area (Å²) >= 11 is 0. The van der Waals surface area contributed by atoms with Crippen molar-refractivity contribution in [1.29, 1.82) is 0 Å². The van der Waals surface area contributed by atoms with Crippen molar-refractivity contribution in [2.24, 2.45) is 0 Å². The van der Waals surface area contributed by atoms with E-state index in [1.54, 1.807) is 4.68 Å². The maximum Gasteiger partial charge on any atom is 0.113 e. The van der Waals surface area contributed by atoms with Gasteiger partial charge in [-0.2, -0.15) is 0 Å². The lowest BCUT2D eigenvalue weighted by atomic mass is 10.1. The Balaban J connectivity index is 1.75. The molecule has 100 valence electrons. The summed E-state index contributed by atoms with van der Waals surface area (Å²) < 4.78 is 1.67. The lowest BCUT2D eigenvalue weighted by Gasteiger charge is -2.09. The van der Waals surface area contributed by atoms with E-state index < -0.39 is 6.10 Å². The van der Waals surface area contributed by atoms with Crippen molar-refractivity contribution in [2.45, 2.75) is 12.6 Å². The molecule has 0 fully saturated rings. The molecule has 0 radical (unpaired) electrons. The van der Waals surface area contributed by atoms with Crippen LogP contribution in [0.1, 0.15) is 11.7 Å². The van der Waals surface area contributed by atoms with Gasteiger partial charge in [-0.25, -0.2) is 4.68 Å². The predicted molar refractivity (Wildman–Crippen MR) is 76.9 cm³/mol. The number of benzene rings is 2. The molecule has 0 bridgehead atoms. The fourth-order valence-electron chi connectivity index (χ4n) is 2.09. The molecule has 4 nitrogen and oxygen atoms in total. The molecule has 0 saturated carbocycles. The van der Waals surface area contributed by atoms with E-state index in [0.29, 0.717) is 6.54 Å². The molecule has 1 heterocycles. The van der Waals surface area contributed by atoms with Crippen molar-refractivity contribution in [3.8, 4) is 11.3 Å². The molecule has 0 unspecified atom stereocenters. The first-order chi connectivity index (χ1) is 9.83. The van der Waals surface area contributed by atoms with Crippen LogP contribution < -0.4 is 0 Å². The first kappa shape index (κ1) is 12.6. The van der Waals surface area contributed by atoms with Gasteiger partial charge in [0.1, 0.15) is 5.69 Å². The number of aliphatic hydroxyl groups is 1. The predicted octanol–water partition coefficient (Wildman–Crippen LogP) is 2.68. The standard InChI is InChI=1S/C16H15N3O/c20-16(14-9-5-2-6-10-14)12-19-11-15(17-18-19)13-7-3-1-4-8-13/h1-11,16,20H,12H2/t16-/m0/s1. The monoisotopic (exact) mass is 265 g/mol. The summed E-state index contributed by atoms with van der Waals surface area (Å²) in [7, 11) is 0. The van der Waals surface area contributed by atoms with Crippen LogP contribution in [0.4, 0.5) is 0 Å². The Hall–Kier alpha value is -2.46. The molecule has 4 heteroatoms. The summed E-state index contributed by atoms with van der Waals surface area (Å²) in [5.74, 6) is 0. The van der Waals surface area contributed by atoms with E-state index in [4.69, 9.17) is 0 Å². The number of nitrogens with zero attached hydrogens (tertiary/aromatic N) is 3. The third-order valence-corrected chi connectivity index (χ3v) is 3.15. The molecule has 0 amide bonds. The van der Waals surface area contributed by atoms with Gasteiger partial charge in [0, 0.05) is 5.56 Å². The number of rotatable bonds is 4. The third-order valence-electron chi connectivity index (χ3n) is 3.15. The van der Waals surface area contributed by atoms with Crippen LogP contribution >= 0.6 is 0 Å². The maximum atomic E-state index is 10.2. The highest BCUT2D eigenvalue weighted by molar-refractivity contribution is 5.57. The Bertz CT molecular complexity index is 664. The summed E-state index contributed by atoms with van der Waals surface area (Å²) in [6, 6.07) is 19.4. The highest BCUT2D eigenvalue weighted by Gasteiger charge is 2.10. The average molecular weight is 265 g/mol. The molecular weight excluding hydrogens is 250 g/mol. The molecule has 0 saturated heterocycles. The Morgan fingerprint density at radius 2 is 1.60 bits per heavy atom. The van der Waals surface area contributed by atoms with E-state index in [1.165, 1.54) is 0 Å². The molecule has 1 N–H and O–H groups in total. The van der Waals surface area contributed by atoms with Gasteiger partial charge >= 0.3 is 0 Å². The van der Waals surface area contributed by atoms with E-state index in [-0.39, 0.29) is 0 Å². The summed E-state index contributed by atoms with van der Waals surface area (Å²) in [5.41, 5.74) is 2.71. The molecule has 20 heavy (non-hydrogen) atoms. The molecule has 0 aliphatic rings. The van der Waals surface area contributed by atoms with Crippen molar-refractivity contribution in [2.75, 3.05) is 0 Å². The number of aromatic nitrogens is 3. The molecule has 2 aromatic carbocycles. The number of hydrogen-bond acceptors (Lipinski definition) is 3. The summed E-state index contributed by atoms with van der Waals surface area (Å²) in [4.78, 5) is 0. The molecule has 1 atom stereocenters. The van der Waals surface area contributed by atoms with E-state index in [1.807, 2.05) is 66.9 Å². The van der Waals surface area contributed by atoms with Crippen LogP contribution in [-0.2, 0) is 6.54 Å². The van der Waals surface area contributed by atoms with Gasteiger partial charge in [0.05, 0.1) is 18.8 Å². The van der Waals surface area contributed by atoms with Crippen LogP contribution in [0.5, 0.6) is 0 Å². The molecule has 0 spiro atoms. The zero-order valence-electron chi connectivity index (χ0n) is 10.9. The van der Waals surface area contributed by atoms with Crippen molar-refractivity contribution in [3.63, 3.8) is 0 Å². The van der Waals surface area contributed by atoms with Gasteiger partial charge in [0.2, 0.25) is 0 Å². The van der Waals surface area contributed by atoms with Crippen LogP contribution in [0, 0.1) is 0 Å². The fraction of sp³-hybridized carbons (Fsp3) is 0.125. The number of aliphatic hydroxyl groups excluding tert-OH is 1. The third kappa shape index (κ3) is 2.75. The zero-order valence-corrected chi connectivity index (χ0v) is 10.9. The molecule has 0 aliphatic heterocycles. The van der Waals surface area contributed by atoms with Gasteiger partial charge < -0.3 is 5.11 Å². The second-order valence-corrected chi connectivity index (χ2v) is 4.62. The highest BCUT2D eigenvalue weighted by atomic mass is 16.3. The van der Waals surface area contributed by atoms with Crippen LogP contribution in [0.2, 0.25) is 0 Å². The second kappa shape index (κ2) is 5.67. The molecule has 1 aromatic heterocycles. The van der Waals surface area contributed by atoms with Gasteiger partial charge in [-0.1, -0.05) is 65.9 Å². The van der Waals surface area contributed by atoms with Gasteiger partial charge in [-0.15, -0.1) is 5.10 Å². The van der Waals surface area contributed by atoms with Crippen molar-refractivity contribution in [1.82, 2.24) is 15.0 Å². The van der Waals surface area contributed by atoms with Crippen LogP contribution in [-0.4, -0.2) is 20.1 Å². The first-order valence-corrected chi connectivity index (χ1v) is 6.51. The van der Waals surface area contributed by atoms with Crippen molar-refractivity contribution in [3.05, 3.63) is 72.4 Å². The topological polar surface area (TPSA) is 50.9 Å². The van der Waals surface area contributed by atoms with E-state index >= 15 is 0 Å². The SMILES string of the molecule is O[C@@H](Cn1cc(-c2ccccc2)nn1)c1ccccc1. The van der Waals surface area contributed by atoms with Gasteiger partial charge in [0.25, 0.3) is 0 Å². The lowest BCUT2D eigenvalue weighted by molar-refractivity contribution is 0.150. The van der Waals surface area contributed by atoms with Crippen LogP contribution in [0.25, 0.3) is 11.3 Å². The minimum absolute atomic E-state index is 0.393. The van der Waals surface area contributed by atoms with Crippen LogP contribution in [0.15, 0.2) is 66.9 Å². The highest BCUT2D eigenvalue weighted by Crippen LogP contribution is 2.17. The summed E-state index contributed by atoms with van der Waals surface area (Å²) in [6.07, 6.45) is 1.27. The minimum atomic E-state index is -0.582. The summed E-state index contributed by atoms with van der Waals surface area (Å²) in [5, 5.41) is 18.4. The molecule has 3 aromatic rings. The minimum Gasteiger partial charge on any atom is -0.386 e. The quantitative estimate of drug-likeness (QED) is 0.789. The summed E-state index contributed by atoms with van der Waals surface area (Å²) in [6.45, 7) is 0.393. The zero-order chi connectivity index (χ0) is 13.8. The maximum absolute atomic E-state index is 10.2. The normalized spacial score (nSPS) is 12.2. The smallest absolute Gasteiger partial charge is 0.113 e. The molecule has 3 rings (SSSR count).